The van der Waals surface area contributed by atoms with E-state index in [1.807, 2.05) is 0 Å². The second-order valence-corrected chi connectivity index (χ2v) is 5.30. The number of pyridine rings is 1. The predicted molar refractivity (Wildman–Crippen MR) is 74.7 cm³/mol. The average Bonchev–Trinajstić information content (AvgIpc) is 2.24. The molecule has 0 atom stereocenters. The van der Waals surface area contributed by atoms with Gasteiger partial charge in [-0.15, -0.1) is 0 Å². The molecule has 0 aliphatic carbocycles. The summed E-state index contributed by atoms with van der Waals surface area (Å²) in [6.07, 6.45) is 1.48. The highest BCUT2D eigenvalue weighted by molar-refractivity contribution is 6.45. The van der Waals surface area contributed by atoms with Crippen molar-refractivity contribution in [2.75, 3.05) is 0 Å². The Kier molecular flexibility index (Phi) is 4.06. The van der Waals surface area contributed by atoms with Crippen molar-refractivity contribution in [2.24, 2.45) is 0 Å². The zero-order chi connectivity index (χ0) is 12.6. The van der Waals surface area contributed by atoms with Crippen molar-refractivity contribution in [2.45, 2.75) is 0 Å². The Hall–Kier alpha value is -0.180. The van der Waals surface area contributed by atoms with Crippen LogP contribution in [0.15, 0.2) is 24.4 Å². The first-order valence-electron chi connectivity index (χ1n) is 4.45. The summed E-state index contributed by atoms with van der Waals surface area (Å²) in [6.45, 7) is 0. The Bertz CT molecular complexity index is 582. The second-order valence-electron chi connectivity index (χ2n) is 3.23. The Labute approximate surface area is 123 Å². The molecule has 0 bridgehead atoms. The fourth-order valence-corrected chi connectivity index (χ4v) is 2.51. The molecule has 0 spiro atoms. The lowest BCUT2D eigenvalue weighted by atomic mass is 10.1. The topological polar surface area (TPSA) is 12.9 Å². The van der Waals surface area contributed by atoms with Gasteiger partial charge >= 0.3 is 0 Å². The summed E-state index contributed by atoms with van der Waals surface area (Å²) in [4.78, 5) is 4.13. The molecule has 1 heterocycles. The first-order valence-corrected chi connectivity index (χ1v) is 6.34. The molecule has 0 fully saturated rings. The Balaban J connectivity index is 2.68. The molecule has 17 heavy (non-hydrogen) atoms. The first kappa shape index (κ1) is 13.3. The molecule has 0 amide bonds. The summed E-state index contributed by atoms with van der Waals surface area (Å²) in [5.74, 6) is 0. The second kappa shape index (κ2) is 5.21. The molecule has 6 heteroatoms. The van der Waals surface area contributed by atoms with Crippen LogP contribution >= 0.6 is 58.0 Å². The molecule has 88 valence electrons. The number of hydrogen-bond donors (Lipinski definition) is 0. The zero-order valence-corrected chi connectivity index (χ0v) is 11.9. The largest absolute Gasteiger partial charge is 0.253 e. The van der Waals surface area contributed by atoms with Gasteiger partial charge in [-0.05, 0) is 18.2 Å². The molecule has 1 aromatic heterocycles. The molecular formula is C11H4Cl5N. The van der Waals surface area contributed by atoms with Crippen LogP contribution in [0.2, 0.25) is 25.1 Å². The minimum absolute atomic E-state index is 0.349. The number of benzene rings is 1. The van der Waals surface area contributed by atoms with Crippen LogP contribution in [0.25, 0.3) is 11.3 Å². The van der Waals surface area contributed by atoms with Gasteiger partial charge in [0.2, 0.25) is 0 Å². The van der Waals surface area contributed by atoms with Crippen LogP contribution in [-0.4, -0.2) is 4.98 Å². The van der Waals surface area contributed by atoms with Crippen LogP contribution in [0, 0.1) is 0 Å². The quantitative estimate of drug-likeness (QED) is 0.584. The van der Waals surface area contributed by atoms with Crippen molar-refractivity contribution in [3.05, 3.63) is 49.5 Å². The van der Waals surface area contributed by atoms with Crippen LogP contribution < -0.4 is 0 Å². The summed E-state index contributed by atoms with van der Waals surface area (Å²) in [7, 11) is 0. The van der Waals surface area contributed by atoms with Gasteiger partial charge < -0.3 is 0 Å². The minimum Gasteiger partial charge on any atom is -0.253 e. The fraction of sp³-hybridized carbons (Fsp3) is 0. The maximum absolute atomic E-state index is 6.09. The van der Waals surface area contributed by atoms with Gasteiger partial charge in [0, 0.05) is 16.8 Å². The molecule has 2 aromatic rings. The van der Waals surface area contributed by atoms with E-state index in [9.17, 15) is 0 Å². The summed E-state index contributed by atoms with van der Waals surface area (Å²) in [5.41, 5.74) is 1.07. The molecule has 0 radical (unpaired) electrons. The number of rotatable bonds is 1. The smallest absolute Gasteiger partial charge is 0.0905 e. The maximum Gasteiger partial charge on any atom is 0.0905 e. The number of aromatic nitrogens is 1. The summed E-state index contributed by atoms with van der Waals surface area (Å²) < 4.78 is 0. The Morgan fingerprint density at radius 3 is 2.06 bits per heavy atom. The number of hydrogen-bond acceptors (Lipinski definition) is 1. The number of nitrogens with zero attached hydrogens (tertiary/aromatic N) is 1. The van der Waals surface area contributed by atoms with Crippen LogP contribution in [0.4, 0.5) is 0 Å². The van der Waals surface area contributed by atoms with Gasteiger partial charge in [-0.3, -0.25) is 4.98 Å². The van der Waals surface area contributed by atoms with E-state index in [-0.39, 0.29) is 0 Å². The first-order chi connectivity index (χ1) is 7.99. The van der Waals surface area contributed by atoms with Crippen molar-refractivity contribution in [1.82, 2.24) is 4.98 Å². The van der Waals surface area contributed by atoms with Gasteiger partial charge in [-0.2, -0.15) is 0 Å². The van der Waals surface area contributed by atoms with Crippen LogP contribution in [0.1, 0.15) is 0 Å². The average molecular weight is 327 g/mol. The van der Waals surface area contributed by atoms with Crippen molar-refractivity contribution < 1.29 is 0 Å². The molecule has 1 aromatic carbocycles. The van der Waals surface area contributed by atoms with Crippen molar-refractivity contribution in [3.63, 3.8) is 0 Å². The van der Waals surface area contributed by atoms with E-state index in [2.05, 4.69) is 4.98 Å². The third-order valence-corrected chi connectivity index (χ3v) is 3.57. The van der Waals surface area contributed by atoms with E-state index in [1.165, 1.54) is 6.20 Å². The minimum atomic E-state index is 0.349. The summed E-state index contributed by atoms with van der Waals surface area (Å²) >= 11 is 29.8. The predicted octanol–water partition coefficient (Wildman–Crippen LogP) is 6.02. The standard InChI is InChI=1S/C11H4Cl5N/c12-5-1-7(10(16)8(14)2-5)11-9(15)3-6(13)4-17-11/h1-4H. The highest BCUT2D eigenvalue weighted by Crippen LogP contribution is 2.38. The highest BCUT2D eigenvalue weighted by atomic mass is 35.5. The highest BCUT2D eigenvalue weighted by Gasteiger charge is 2.13. The molecule has 0 aliphatic heterocycles. The van der Waals surface area contributed by atoms with Crippen molar-refractivity contribution in [1.29, 1.82) is 0 Å². The van der Waals surface area contributed by atoms with Crippen molar-refractivity contribution >= 4 is 58.0 Å². The van der Waals surface area contributed by atoms with Gasteiger partial charge in [0.25, 0.3) is 0 Å². The zero-order valence-electron chi connectivity index (χ0n) is 8.15. The molecule has 1 nitrogen and oxygen atoms in total. The van der Waals surface area contributed by atoms with Gasteiger partial charge in [-0.25, -0.2) is 0 Å². The maximum atomic E-state index is 6.09. The molecule has 0 unspecified atom stereocenters. The Morgan fingerprint density at radius 2 is 1.41 bits per heavy atom. The van der Waals surface area contributed by atoms with Crippen LogP contribution in [0.5, 0.6) is 0 Å². The van der Waals surface area contributed by atoms with E-state index in [0.29, 0.717) is 36.4 Å². The lowest BCUT2D eigenvalue weighted by Gasteiger charge is -2.08. The van der Waals surface area contributed by atoms with E-state index < -0.39 is 0 Å². The molecule has 2 rings (SSSR count). The Morgan fingerprint density at radius 1 is 0.765 bits per heavy atom. The third kappa shape index (κ3) is 2.81. The lowest BCUT2D eigenvalue weighted by molar-refractivity contribution is 1.33. The molecular weight excluding hydrogens is 323 g/mol. The normalized spacial score (nSPS) is 10.6. The fourth-order valence-electron chi connectivity index (χ4n) is 1.34. The van der Waals surface area contributed by atoms with Crippen molar-refractivity contribution in [3.8, 4) is 11.3 Å². The van der Waals surface area contributed by atoms with Crippen LogP contribution in [0.3, 0.4) is 0 Å². The van der Waals surface area contributed by atoms with E-state index in [4.69, 9.17) is 58.0 Å². The van der Waals surface area contributed by atoms with E-state index in [1.54, 1.807) is 18.2 Å². The van der Waals surface area contributed by atoms with E-state index >= 15 is 0 Å². The molecule has 0 N–H and O–H groups in total. The summed E-state index contributed by atoms with van der Waals surface area (Å²) in [6, 6.07) is 4.78. The third-order valence-electron chi connectivity index (χ3n) is 2.06. The SMILES string of the molecule is Clc1cnc(-c2cc(Cl)cc(Cl)c2Cl)c(Cl)c1. The van der Waals surface area contributed by atoms with Gasteiger partial charge in [0.05, 0.1) is 25.8 Å². The van der Waals surface area contributed by atoms with Crippen LogP contribution in [-0.2, 0) is 0 Å². The molecule has 0 aliphatic rings. The van der Waals surface area contributed by atoms with Gasteiger partial charge in [0.15, 0.2) is 0 Å². The monoisotopic (exact) mass is 325 g/mol. The number of halogens is 5. The lowest BCUT2D eigenvalue weighted by Crippen LogP contribution is -1.87. The van der Waals surface area contributed by atoms with E-state index in [0.717, 1.165) is 0 Å². The van der Waals surface area contributed by atoms with Gasteiger partial charge in [0.1, 0.15) is 0 Å². The summed E-state index contributed by atoms with van der Waals surface area (Å²) in [5, 5.41) is 2.00. The van der Waals surface area contributed by atoms with Gasteiger partial charge in [-0.1, -0.05) is 58.0 Å². The molecule has 0 saturated carbocycles. The molecule has 0 saturated heterocycles.